The Labute approximate surface area is 206 Å². The van der Waals surface area contributed by atoms with Gasteiger partial charge in [0, 0.05) is 9.79 Å². The van der Waals surface area contributed by atoms with Crippen molar-refractivity contribution in [3.63, 3.8) is 0 Å². The third-order valence-electron chi connectivity index (χ3n) is 5.84. The molecule has 0 bridgehead atoms. The summed E-state index contributed by atoms with van der Waals surface area (Å²) in [5, 5.41) is 18.9. The molecule has 0 aliphatic heterocycles. The molecule has 4 heteroatoms. The van der Waals surface area contributed by atoms with E-state index in [4.69, 9.17) is 0 Å². The van der Waals surface area contributed by atoms with Crippen LogP contribution in [0.5, 0.6) is 0 Å². The normalized spacial score (nSPS) is 10.8. The van der Waals surface area contributed by atoms with Crippen molar-refractivity contribution in [3.05, 3.63) is 23.3 Å². The monoisotopic (exact) mass is 472 g/mol. The Morgan fingerprint density at radius 3 is 1.16 bits per heavy atom. The van der Waals surface area contributed by atoms with Crippen molar-refractivity contribution in [2.24, 2.45) is 0 Å². The SMILES string of the molecule is CCCCCCCCCCSc1cc(C#N)c(C#N)cc1SCCCCCCCCCC. The standard InChI is InChI=1S/C28H44N2S2/c1-3-5-7-9-11-13-15-17-19-31-27-21-25(23-29)26(24-30)22-28(27)32-20-18-16-14-12-10-8-6-4-2/h21-22H,3-20H2,1-2H3. The van der Waals surface area contributed by atoms with E-state index in [9.17, 15) is 10.5 Å². The van der Waals surface area contributed by atoms with Crippen LogP contribution in [0.4, 0.5) is 0 Å². The molecule has 0 heterocycles. The average Bonchev–Trinajstić information content (AvgIpc) is 2.82. The fourth-order valence-electron chi connectivity index (χ4n) is 3.81. The Morgan fingerprint density at radius 2 is 0.844 bits per heavy atom. The first-order valence-electron chi connectivity index (χ1n) is 13.0. The van der Waals surface area contributed by atoms with Gasteiger partial charge in [-0.05, 0) is 36.5 Å². The zero-order chi connectivity index (χ0) is 23.3. The van der Waals surface area contributed by atoms with Crippen LogP contribution >= 0.6 is 23.5 Å². The molecular weight excluding hydrogens is 428 g/mol. The van der Waals surface area contributed by atoms with Gasteiger partial charge >= 0.3 is 0 Å². The molecule has 0 saturated carbocycles. The van der Waals surface area contributed by atoms with E-state index < -0.39 is 0 Å². The molecule has 0 radical (unpaired) electrons. The van der Waals surface area contributed by atoms with E-state index in [0.29, 0.717) is 11.1 Å². The summed E-state index contributed by atoms with van der Waals surface area (Å²) in [5.41, 5.74) is 1.03. The van der Waals surface area contributed by atoms with Crippen molar-refractivity contribution in [1.29, 1.82) is 10.5 Å². The van der Waals surface area contributed by atoms with E-state index in [1.54, 1.807) is 0 Å². The largest absolute Gasteiger partial charge is 0.192 e. The molecular formula is C28H44N2S2. The van der Waals surface area contributed by atoms with Gasteiger partial charge in [-0.25, -0.2) is 0 Å². The zero-order valence-electron chi connectivity index (χ0n) is 20.6. The highest BCUT2D eigenvalue weighted by molar-refractivity contribution is 8.02. The van der Waals surface area contributed by atoms with Gasteiger partial charge in [0.15, 0.2) is 0 Å². The summed E-state index contributed by atoms with van der Waals surface area (Å²) in [6.45, 7) is 4.53. The van der Waals surface area contributed by atoms with Gasteiger partial charge in [0.2, 0.25) is 0 Å². The molecule has 0 fully saturated rings. The van der Waals surface area contributed by atoms with E-state index in [0.717, 1.165) is 11.5 Å². The lowest BCUT2D eigenvalue weighted by atomic mass is 10.1. The van der Waals surface area contributed by atoms with E-state index >= 15 is 0 Å². The quantitative estimate of drug-likeness (QED) is 0.140. The number of hydrogen-bond donors (Lipinski definition) is 0. The van der Waals surface area contributed by atoms with Crippen molar-refractivity contribution in [1.82, 2.24) is 0 Å². The molecule has 0 aliphatic carbocycles. The highest BCUT2D eigenvalue weighted by atomic mass is 32.2. The highest BCUT2D eigenvalue weighted by Gasteiger charge is 2.11. The molecule has 0 spiro atoms. The van der Waals surface area contributed by atoms with Gasteiger partial charge in [0.05, 0.1) is 11.1 Å². The second kappa shape index (κ2) is 20.5. The van der Waals surface area contributed by atoms with Gasteiger partial charge in [-0.2, -0.15) is 10.5 Å². The van der Waals surface area contributed by atoms with Crippen LogP contribution in [0.15, 0.2) is 21.9 Å². The second-order valence-corrected chi connectivity index (χ2v) is 11.0. The third kappa shape index (κ3) is 13.4. The summed E-state index contributed by atoms with van der Waals surface area (Å²) in [4.78, 5) is 2.38. The van der Waals surface area contributed by atoms with E-state index in [1.807, 2.05) is 35.7 Å². The average molecular weight is 473 g/mol. The first kappa shape index (κ1) is 28.9. The van der Waals surface area contributed by atoms with Crippen LogP contribution in [0.1, 0.15) is 128 Å². The summed E-state index contributed by atoms with van der Waals surface area (Å²) >= 11 is 3.73. The number of thioether (sulfide) groups is 2. The number of hydrogen-bond acceptors (Lipinski definition) is 4. The van der Waals surface area contributed by atoms with E-state index in [1.165, 1.54) is 113 Å². The Kier molecular flexibility index (Phi) is 18.5. The van der Waals surface area contributed by atoms with Crippen molar-refractivity contribution in [3.8, 4) is 12.1 Å². The summed E-state index contributed by atoms with van der Waals surface area (Å²) in [5.74, 6) is 2.19. The molecule has 0 unspecified atom stereocenters. The maximum Gasteiger partial charge on any atom is 0.101 e. The number of nitrogens with zero attached hydrogens (tertiary/aromatic N) is 2. The maximum absolute atomic E-state index is 9.43. The molecule has 0 atom stereocenters. The molecule has 0 aromatic heterocycles. The molecule has 0 amide bonds. The van der Waals surface area contributed by atoms with Crippen LogP contribution in [-0.2, 0) is 0 Å². The molecule has 2 nitrogen and oxygen atoms in total. The third-order valence-corrected chi connectivity index (χ3v) is 8.25. The van der Waals surface area contributed by atoms with Crippen LogP contribution in [0, 0.1) is 22.7 Å². The van der Waals surface area contributed by atoms with E-state index in [2.05, 4.69) is 26.0 Å². The number of unbranched alkanes of at least 4 members (excludes halogenated alkanes) is 14. The number of rotatable bonds is 20. The smallest absolute Gasteiger partial charge is 0.101 e. The Balaban J connectivity index is 2.41. The lowest BCUT2D eigenvalue weighted by molar-refractivity contribution is 0.586. The summed E-state index contributed by atoms with van der Waals surface area (Å²) < 4.78 is 0. The Bertz CT molecular complexity index is 629. The topological polar surface area (TPSA) is 47.6 Å². The predicted octanol–water partition coefficient (Wildman–Crippen LogP) is 9.90. The van der Waals surface area contributed by atoms with Crippen LogP contribution < -0.4 is 0 Å². The minimum atomic E-state index is 0.516. The van der Waals surface area contributed by atoms with Crippen molar-refractivity contribution < 1.29 is 0 Å². The fourth-order valence-corrected chi connectivity index (χ4v) is 6.10. The van der Waals surface area contributed by atoms with Crippen LogP contribution in [-0.4, -0.2) is 11.5 Å². The Hall–Kier alpha value is -1.10. The summed E-state index contributed by atoms with van der Waals surface area (Å²) in [6, 6.07) is 8.31. The second-order valence-electron chi connectivity index (χ2n) is 8.71. The summed E-state index contributed by atoms with van der Waals surface area (Å²) in [7, 11) is 0. The number of nitriles is 2. The molecule has 0 N–H and O–H groups in total. The predicted molar refractivity (Wildman–Crippen MR) is 143 cm³/mol. The maximum atomic E-state index is 9.43. The van der Waals surface area contributed by atoms with Crippen molar-refractivity contribution in [2.45, 2.75) is 126 Å². The van der Waals surface area contributed by atoms with Gasteiger partial charge < -0.3 is 0 Å². The summed E-state index contributed by atoms with van der Waals surface area (Å²) in [6.07, 6.45) is 21.3. The van der Waals surface area contributed by atoms with Gasteiger partial charge in [-0.3, -0.25) is 0 Å². The lowest BCUT2D eigenvalue weighted by Crippen LogP contribution is -1.92. The van der Waals surface area contributed by atoms with Crippen LogP contribution in [0.25, 0.3) is 0 Å². The first-order valence-corrected chi connectivity index (χ1v) is 15.0. The molecule has 1 aromatic rings. The Morgan fingerprint density at radius 1 is 0.531 bits per heavy atom. The lowest BCUT2D eigenvalue weighted by Gasteiger charge is -2.11. The molecule has 178 valence electrons. The first-order chi connectivity index (χ1) is 15.8. The van der Waals surface area contributed by atoms with Gasteiger partial charge in [0.25, 0.3) is 0 Å². The number of benzene rings is 1. The molecule has 32 heavy (non-hydrogen) atoms. The molecule has 0 saturated heterocycles. The van der Waals surface area contributed by atoms with Crippen LogP contribution in [0.3, 0.4) is 0 Å². The van der Waals surface area contributed by atoms with Crippen LogP contribution in [0.2, 0.25) is 0 Å². The van der Waals surface area contributed by atoms with Gasteiger partial charge in [-0.1, -0.05) is 104 Å². The highest BCUT2D eigenvalue weighted by Crippen LogP contribution is 2.34. The van der Waals surface area contributed by atoms with Gasteiger partial charge in [-0.15, -0.1) is 23.5 Å². The minimum absolute atomic E-state index is 0.516. The molecule has 1 aromatic carbocycles. The van der Waals surface area contributed by atoms with Crippen molar-refractivity contribution >= 4 is 23.5 Å². The molecule has 1 rings (SSSR count). The van der Waals surface area contributed by atoms with Gasteiger partial charge in [0.1, 0.15) is 12.1 Å². The molecule has 0 aliphatic rings. The van der Waals surface area contributed by atoms with Crippen molar-refractivity contribution in [2.75, 3.05) is 11.5 Å². The minimum Gasteiger partial charge on any atom is -0.192 e. The zero-order valence-corrected chi connectivity index (χ0v) is 22.2. The van der Waals surface area contributed by atoms with E-state index in [-0.39, 0.29) is 0 Å². The fraction of sp³-hybridized carbons (Fsp3) is 0.714.